The molecule has 10 heteroatoms. The largest absolute Gasteiger partial charge is 0.477 e. The van der Waals surface area contributed by atoms with Crippen LogP contribution in [0.15, 0.2) is 42.5 Å². The second-order valence-electron chi connectivity index (χ2n) is 4.67. The van der Waals surface area contributed by atoms with Gasteiger partial charge in [-0.25, -0.2) is 4.98 Å². The SMILES string of the molecule is Cl.O=C(COc1ccccc1[N+](=O)[O-])Nc1nc2c(Cl)cccc2s1. The van der Waals surface area contributed by atoms with Gasteiger partial charge in [0.15, 0.2) is 17.5 Å². The average molecular weight is 400 g/mol. The van der Waals surface area contributed by atoms with E-state index in [0.29, 0.717) is 15.7 Å². The minimum atomic E-state index is -0.567. The van der Waals surface area contributed by atoms with Gasteiger partial charge in [-0.2, -0.15) is 0 Å². The van der Waals surface area contributed by atoms with Crippen molar-refractivity contribution in [3.05, 3.63) is 57.6 Å². The summed E-state index contributed by atoms with van der Waals surface area (Å²) in [5, 5.41) is 14.4. The first-order valence-corrected chi connectivity index (χ1v) is 7.95. The van der Waals surface area contributed by atoms with E-state index in [2.05, 4.69) is 10.3 Å². The van der Waals surface area contributed by atoms with Crippen LogP contribution >= 0.6 is 35.3 Å². The van der Waals surface area contributed by atoms with E-state index in [1.165, 1.54) is 29.5 Å². The zero-order valence-corrected chi connectivity index (χ0v) is 14.9. The van der Waals surface area contributed by atoms with Gasteiger partial charge in [0, 0.05) is 6.07 Å². The lowest BCUT2D eigenvalue weighted by Crippen LogP contribution is -2.20. The van der Waals surface area contributed by atoms with E-state index >= 15 is 0 Å². The summed E-state index contributed by atoms with van der Waals surface area (Å²) < 4.78 is 6.07. The predicted molar refractivity (Wildman–Crippen MR) is 99.1 cm³/mol. The van der Waals surface area contributed by atoms with Crippen LogP contribution in [0.2, 0.25) is 5.02 Å². The minimum absolute atomic E-state index is 0. The number of aromatic nitrogens is 1. The second-order valence-corrected chi connectivity index (χ2v) is 6.11. The lowest BCUT2D eigenvalue weighted by molar-refractivity contribution is -0.385. The molecule has 0 fully saturated rings. The van der Waals surface area contributed by atoms with Gasteiger partial charge in [-0.1, -0.05) is 41.1 Å². The van der Waals surface area contributed by atoms with Gasteiger partial charge < -0.3 is 4.74 Å². The molecule has 0 aliphatic heterocycles. The molecule has 25 heavy (non-hydrogen) atoms. The number of nitro benzene ring substituents is 1. The van der Waals surface area contributed by atoms with Gasteiger partial charge in [-0.3, -0.25) is 20.2 Å². The Labute approximate surface area is 157 Å². The van der Waals surface area contributed by atoms with Gasteiger partial charge in [0.1, 0.15) is 5.52 Å². The van der Waals surface area contributed by atoms with Gasteiger partial charge in [-0.05, 0) is 18.2 Å². The summed E-state index contributed by atoms with van der Waals surface area (Å²) in [6.07, 6.45) is 0. The fourth-order valence-corrected chi connectivity index (χ4v) is 3.18. The first-order chi connectivity index (χ1) is 11.5. The number of benzene rings is 2. The summed E-state index contributed by atoms with van der Waals surface area (Å²) >= 11 is 7.32. The molecule has 0 spiro atoms. The Balaban J connectivity index is 0.00000225. The highest BCUT2D eigenvalue weighted by atomic mass is 35.5. The monoisotopic (exact) mass is 399 g/mol. The number of rotatable bonds is 5. The van der Waals surface area contributed by atoms with Crippen molar-refractivity contribution in [2.45, 2.75) is 0 Å². The molecule has 2 aromatic carbocycles. The number of amides is 1. The Hall–Kier alpha value is -2.42. The standard InChI is InChI=1S/C15H10ClN3O4S.ClH/c16-9-4-3-7-12-14(9)18-15(24-12)17-13(20)8-23-11-6-2-1-5-10(11)19(21)22;/h1-7H,8H2,(H,17,18,20);1H. The Bertz CT molecular complexity index is 932. The fourth-order valence-electron chi connectivity index (χ4n) is 2.00. The summed E-state index contributed by atoms with van der Waals surface area (Å²) in [5.41, 5.74) is 0.413. The first kappa shape index (κ1) is 18.9. The van der Waals surface area contributed by atoms with Gasteiger partial charge in [0.05, 0.1) is 14.6 Å². The van der Waals surface area contributed by atoms with Crippen LogP contribution in [-0.4, -0.2) is 22.4 Å². The zero-order valence-electron chi connectivity index (χ0n) is 12.5. The minimum Gasteiger partial charge on any atom is -0.477 e. The molecule has 3 aromatic rings. The molecule has 0 aliphatic carbocycles. The molecule has 0 aliphatic rings. The van der Waals surface area contributed by atoms with E-state index in [0.717, 1.165) is 4.70 Å². The summed E-state index contributed by atoms with van der Waals surface area (Å²) in [5.74, 6) is -0.437. The normalized spacial score (nSPS) is 10.1. The Morgan fingerprint density at radius 2 is 2.04 bits per heavy atom. The maximum Gasteiger partial charge on any atom is 0.310 e. The molecule has 0 atom stereocenters. The number of nitro groups is 1. The molecular formula is C15H11Cl2N3O4S. The summed E-state index contributed by atoms with van der Waals surface area (Å²) in [6.45, 7) is -0.367. The molecule has 7 nitrogen and oxygen atoms in total. The number of nitrogens with one attached hydrogen (secondary N) is 1. The van der Waals surface area contributed by atoms with Crippen LogP contribution in [0, 0.1) is 10.1 Å². The van der Waals surface area contributed by atoms with E-state index in [1.54, 1.807) is 18.2 Å². The molecule has 0 saturated heterocycles. The number of ether oxygens (including phenoxy) is 1. The summed E-state index contributed by atoms with van der Waals surface area (Å²) in [4.78, 5) is 26.5. The van der Waals surface area contributed by atoms with Crippen molar-refractivity contribution in [1.29, 1.82) is 0 Å². The van der Waals surface area contributed by atoms with E-state index in [-0.39, 0.29) is 30.5 Å². The number of halogens is 2. The molecule has 3 rings (SSSR count). The third-order valence-corrected chi connectivity index (χ3v) is 4.28. The van der Waals surface area contributed by atoms with Gasteiger partial charge in [-0.15, -0.1) is 12.4 Å². The van der Waals surface area contributed by atoms with E-state index in [4.69, 9.17) is 16.3 Å². The lowest BCUT2D eigenvalue weighted by Gasteiger charge is -2.05. The zero-order chi connectivity index (χ0) is 17.1. The highest BCUT2D eigenvalue weighted by molar-refractivity contribution is 7.22. The van der Waals surface area contributed by atoms with Crippen molar-refractivity contribution in [2.24, 2.45) is 0 Å². The van der Waals surface area contributed by atoms with Crippen molar-refractivity contribution < 1.29 is 14.5 Å². The van der Waals surface area contributed by atoms with E-state index in [9.17, 15) is 14.9 Å². The van der Waals surface area contributed by atoms with E-state index in [1.807, 2.05) is 6.07 Å². The van der Waals surface area contributed by atoms with Crippen LogP contribution < -0.4 is 10.1 Å². The number of carbonyl (C=O) groups is 1. The van der Waals surface area contributed by atoms with Crippen LogP contribution in [0.25, 0.3) is 10.2 Å². The molecular weight excluding hydrogens is 389 g/mol. The molecule has 0 unspecified atom stereocenters. The van der Waals surface area contributed by atoms with Crippen LogP contribution in [0.5, 0.6) is 5.75 Å². The Morgan fingerprint density at radius 1 is 1.28 bits per heavy atom. The number of para-hydroxylation sites is 3. The van der Waals surface area contributed by atoms with Crippen LogP contribution in [0.3, 0.4) is 0 Å². The van der Waals surface area contributed by atoms with Gasteiger partial charge in [0.2, 0.25) is 0 Å². The molecule has 1 heterocycles. The lowest BCUT2D eigenvalue weighted by atomic mass is 10.3. The third kappa shape index (κ3) is 4.36. The Kier molecular flexibility index (Phi) is 6.13. The van der Waals surface area contributed by atoms with Crippen molar-refractivity contribution >= 4 is 62.3 Å². The average Bonchev–Trinajstić information content (AvgIpc) is 2.97. The molecule has 0 saturated carbocycles. The summed E-state index contributed by atoms with van der Waals surface area (Å²) in [6, 6.07) is 11.2. The van der Waals surface area contributed by atoms with Crippen LogP contribution in [0.1, 0.15) is 0 Å². The first-order valence-electron chi connectivity index (χ1n) is 6.76. The maximum atomic E-state index is 12.0. The number of carbonyl (C=O) groups excluding carboxylic acids is 1. The second kappa shape index (κ2) is 8.11. The van der Waals surface area contributed by atoms with Gasteiger partial charge >= 0.3 is 5.69 Å². The number of hydrogen-bond donors (Lipinski definition) is 1. The highest BCUT2D eigenvalue weighted by Crippen LogP contribution is 2.30. The molecule has 0 bridgehead atoms. The molecule has 130 valence electrons. The highest BCUT2D eigenvalue weighted by Gasteiger charge is 2.16. The third-order valence-electron chi connectivity index (χ3n) is 3.04. The van der Waals surface area contributed by atoms with Crippen molar-refractivity contribution in [2.75, 3.05) is 11.9 Å². The van der Waals surface area contributed by atoms with E-state index < -0.39 is 10.8 Å². The maximum absolute atomic E-state index is 12.0. The fraction of sp³-hybridized carbons (Fsp3) is 0.0667. The van der Waals surface area contributed by atoms with Crippen LogP contribution in [0.4, 0.5) is 10.8 Å². The predicted octanol–water partition coefficient (Wildman–Crippen LogP) is 4.30. The molecule has 1 amide bonds. The van der Waals surface area contributed by atoms with Crippen molar-refractivity contribution in [1.82, 2.24) is 4.98 Å². The van der Waals surface area contributed by atoms with Crippen molar-refractivity contribution in [3.63, 3.8) is 0 Å². The van der Waals surface area contributed by atoms with Crippen LogP contribution in [-0.2, 0) is 4.79 Å². The number of nitrogens with zero attached hydrogens (tertiary/aromatic N) is 2. The topological polar surface area (TPSA) is 94.4 Å². The smallest absolute Gasteiger partial charge is 0.310 e. The van der Waals surface area contributed by atoms with Crippen molar-refractivity contribution in [3.8, 4) is 5.75 Å². The quantitative estimate of drug-likeness (QED) is 0.509. The molecule has 1 aromatic heterocycles. The molecule has 0 radical (unpaired) electrons. The molecule has 1 N–H and O–H groups in total. The number of hydrogen-bond acceptors (Lipinski definition) is 6. The number of fused-ring (bicyclic) bond motifs is 1. The number of thiazole rings is 1. The number of anilines is 1. The van der Waals surface area contributed by atoms with Gasteiger partial charge in [0.25, 0.3) is 5.91 Å². The Morgan fingerprint density at radius 3 is 2.76 bits per heavy atom. The summed E-state index contributed by atoms with van der Waals surface area (Å²) in [7, 11) is 0.